The van der Waals surface area contributed by atoms with Crippen molar-refractivity contribution >= 4 is 5.91 Å². The van der Waals surface area contributed by atoms with E-state index in [-0.39, 0.29) is 18.9 Å². The van der Waals surface area contributed by atoms with Gasteiger partial charge in [-0.15, -0.1) is 0 Å². The largest absolute Gasteiger partial charge is 0.454 e. The summed E-state index contributed by atoms with van der Waals surface area (Å²) < 4.78 is 49.6. The summed E-state index contributed by atoms with van der Waals surface area (Å²) in [6.45, 7) is 0.286. The molecule has 0 saturated heterocycles. The number of hydrogen-bond acceptors (Lipinski definition) is 3. The third-order valence-electron chi connectivity index (χ3n) is 3.67. The minimum atomic E-state index is -4.58. The highest BCUT2D eigenvalue weighted by Crippen LogP contribution is 2.34. The van der Waals surface area contributed by atoms with Crippen molar-refractivity contribution < 1.29 is 27.4 Å². The highest BCUT2D eigenvalue weighted by molar-refractivity contribution is 5.95. The van der Waals surface area contributed by atoms with E-state index in [1.54, 1.807) is 18.2 Å². The van der Waals surface area contributed by atoms with Crippen LogP contribution in [0.15, 0.2) is 42.5 Å². The molecule has 0 fully saturated rings. The first kappa shape index (κ1) is 16.2. The molecule has 7 heteroatoms. The number of alkyl halides is 3. The summed E-state index contributed by atoms with van der Waals surface area (Å²) >= 11 is 0. The predicted octanol–water partition coefficient (Wildman–Crippen LogP) is 3.71. The molecule has 0 spiro atoms. The van der Waals surface area contributed by atoms with E-state index in [1.807, 2.05) is 0 Å². The molecule has 1 aliphatic rings. The van der Waals surface area contributed by atoms with Crippen molar-refractivity contribution in [2.45, 2.75) is 12.7 Å². The average molecular weight is 337 g/mol. The van der Waals surface area contributed by atoms with Crippen LogP contribution < -0.4 is 9.47 Å². The van der Waals surface area contributed by atoms with Gasteiger partial charge in [0.25, 0.3) is 5.91 Å². The summed E-state index contributed by atoms with van der Waals surface area (Å²) in [4.78, 5) is 13.7. The van der Waals surface area contributed by atoms with Gasteiger partial charge in [-0.05, 0) is 29.8 Å². The maximum Gasteiger partial charge on any atom is 0.417 e. The third-order valence-corrected chi connectivity index (χ3v) is 3.67. The van der Waals surface area contributed by atoms with Gasteiger partial charge in [0.1, 0.15) is 0 Å². The van der Waals surface area contributed by atoms with Gasteiger partial charge in [-0.3, -0.25) is 4.79 Å². The minimum Gasteiger partial charge on any atom is -0.454 e. The Kier molecular flexibility index (Phi) is 4.09. The van der Waals surface area contributed by atoms with Gasteiger partial charge in [0.2, 0.25) is 6.79 Å². The molecule has 0 bridgehead atoms. The maximum absolute atomic E-state index is 13.0. The smallest absolute Gasteiger partial charge is 0.417 e. The van der Waals surface area contributed by atoms with Gasteiger partial charge < -0.3 is 14.4 Å². The number of halogens is 3. The SMILES string of the molecule is CN(Cc1ccc2c(c1)OCO2)C(=O)c1ccccc1C(F)(F)F. The first-order valence-electron chi connectivity index (χ1n) is 7.16. The van der Waals surface area contributed by atoms with E-state index in [0.717, 1.165) is 11.6 Å². The molecule has 1 heterocycles. The Morgan fingerprint density at radius 1 is 1.12 bits per heavy atom. The number of hydrogen-bond donors (Lipinski definition) is 0. The molecule has 2 aromatic carbocycles. The zero-order valence-electron chi connectivity index (χ0n) is 12.8. The molecule has 0 saturated carbocycles. The van der Waals surface area contributed by atoms with E-state index >= 15 is 0 Å². The van der Waals surface area contributed by atoms with Crippen molar-refractivity contribution in [3.05, 3.63) is 59.2 Å². The summed E-state index contributed by atoms with van der Waals surface area (Å²) in [6.07, 6.45) is -4.58. The van der Waals surface area contributed by atoms with Crippen molar-refractivity contribution in [2.75, 3.05) is 13.8 Å². The molecule has 1 aliphatic heterocycles. The van der Waals surface area contributed by atoms with E-state index in [0.29, 0.717) is 11.5 Å². The Morgan fingerprint density at radius 3 is 2.58 bits per heavy atom. The Morgan fingerprint density at radius 2 is 1.83 bits per heavy atom. The molecule has 0 aliphatic carbocycles. The number of carbonyl (C=O) groups excluding carboxylic acids is 1. The highest BCUT2D eigenvalue weighted by Gasteiger charge is 2.35. The first-order valence-corrected chi connectivity index (χ1v) is 7.16. The number of fused-ring (bicyclic) bond motifs is 1. The Labute approximate surface area is 136 Å². The molecule has 1 amide bonds. The molecule has 0 unspecified atom stereocenters. The van der Waals surface area contributed by atoms with Crippen LogP contribution >= 0.6 is 0 Å². The minimum absolute atomic E-state index is 0.131. The lowest BCUT2D eigenvalue weighted by Crippen LogP contribution is -2.28. The number of rotatable bonds is 3. The fraction of sp³-hybridized carbons (Fsp3) is 0.235. The van der Waals surface area contributed by atoms with Crippen LogP contribution in [0.25, 0.3) is 0 Å². The number of carbonyl (C=O) groups is 1. The molecule has 0 aromatic heterocycles. The van der Waals surface area contributed by atoms with Crippen molar-refractivity contribution in [2.24, 2.45) is 0 Å². The summed E-state index contributed by atoms with van der Waals surface area (Å²) in [5.41, 5.74) is -0.569. The maximum atomic E-state index is 13.0. The van der Waals surface area contributed by atoms with E-state index in [9.17, 15) is 18.0 Å². The Balaban J connectivity index is 1.81. The second kappa shape index (κ2) is 6.07. The second-order valence-electron chi connectivity index (χ2n) is 5.39. The molecule has 24 heavy (non-hydrogen) atoms. The van der Waals surface area contributed by atoms with Crippen LogP contribution in [0.1, 0.15) is 21.5 Å². The molecule has 2 aromatic rings. The standard InChI is InChI=1S/C17H14F3NO3/c1-21(9-11-6-7-14-15(8-11)24-10-23-14)16(22)12-4-2-3-5-13(12)17(18,19)20/h2-8H,9-10H2,1H3. The van der Waals surface area contributed by atoms with Gasteiger partial charge in [0.15, 0.2) is 11.5 Å². The monoisotopic (exact) mass is 337 g/mol. The van der Waals surface area contributed by atoms with Gasteiger partial charge in [-0.25, -0.2) is 0 Å². The van der Waals surface area contributed by atoms with Crippen LogP contribution in [0.2, 0.25) is 0 Å². The number of ether oxygens (including phenoxy) is 2. The second-order valence-corrected chi connectivity index (χ2v) is 5.39. The van der Waals surface area contributed by atoms with E-state index in [4.69, 9.17) is 9.47 Å². The van der Waals surface area contributed by atoms with Gasteiger partial charge in [0, 0.05) is 13.6 Å². The van der Waals surface area contributed by atoms with Crippen molar-refractivity contribution in [3.8, 4) is 11.5 Å². The lowest BCUT2D eigenvalue weighted by atomic mass is 10.1. The molecular formula is C17H14F3NO3. The van der Waals surface area contributed by atoms with Crippen LogP contribution in [0.3, 0.4) is 0 Å². The zero-order chi connectivity index (χ0) is 17.3. The van der Waals surface area contributed by atoms with Crippen LogP contribution in [-0.4, -0.2) is 24.6 Å². The Hall–Kier alpha value is -2.70. The summed E-state index contributed by atoms with van der Waals surface area (Å²) in [6, 6.07) is 9.92. The summed E-state index contributed by atoms with van der Waals surface area (Å²) in [7, 11) is 1.46. The zero-order valence-corrected chi connectivity index (χ0v) is 12.8. The highest BCUT2D eigenvalue weighted by atomic mass is 19.4. The van der Waals surface area contributed by atoms with Crippen molar-refractivity contribution in [1.82, 2.24) is 4.90 Å². The molecular weight excluding hydrogens is 323 g/mol. The summed E-state index contributed by atoms with van der Waals surface area (Å²) in [5.74, 6) is 0.472. The number of nitrogens with zero attached hydrogens (tertiary/aromatic N) is 1. The lowest BCUT2D eigenvalue weighted by molar-refractivity contribution is -0.138. The average Bonchev–Trinajstić information content (AvgIpc) is 3.01. The normalized spacial score (nSPS) is 13.0. The van der Waals surface area contributed by atoms with Gasteiger partial charge in [-0.1, -0.05) is 18.2 Å². The fourth-order valence-corrected chi connectivity index (χ4v) is 2.51. The topological polar surface area (TPSA) is 38.8 Å². The molecule has 0 radical (unpaired) electrons. The van der Waals surface area contributed by atoms with E-state index < -0.39 is 17.6 Å². The van der Waals surface area contributed by atoms with Gasteiger partial charge in [0.05, 0.1) is 11.1 Å². The third kappa shape index (κ3) is 3.15. The molecule has 0 N–H and O–H groups in total. The first-order chi connectivity index (χ1) is 11.4. The van der Waals surface area contributed by atoms with Gasteiger partial charge in [-0.2, -0.15) is 13.2 Å². The summed E-state index contributed by atoms with van der Waals surface area (Å²) in [5, 5.41) is 0. The van der Waals surface area contributed by atoms with Gasteiger partial charge >= 0.3 is 6.18 Å². The fourth-order valence-electron chi connectivity index (χ4n) is 2.51. The number of benzene rings is 2. The number of amides is 1. The van der Waals surface area contributed by atoms with Crippen molar-refractivity contribution in [3.63, 3.8) is 0 Å². The molecule has 126 valence electrons. The van der Waals surface area contributed by atoms with E-state index in [1.165, 1.54) is 30.1 Å². The van der Waals surface area contributed by atoms with Crippen LogP contribution in [-0.2, 0) is 12.7 Å². The lowest BCUT2D eigenvalue weighted by Gasteiger charge is -2.20. The Bertz CT molecular complexity index is 774. The van der Waals surface area contributed by atoms with Crippen LogP contribution in [0.4, 0.5) is 13.2 Å². The van der Waals surface area contributed by atoms with E-state index in [2.05, 4.69) is 0 Å². The predicted molar refractivity (Wildman–Crippen MR) is 79.8 cm³/mol. The molecule has 0 atom stereocenters. The van der Waals surface area contributed by atoms with Crippen LogP contribution in [0.5, 0.6) is 11.5 Å². The molecule has 3 rings (SSSR count). The quantitative estimate of drug-likeness (QED) is 0.857. The van der Waals surface area contributed by atoms with Crippen molar-refractivity contribution in [1.29, 1.82) is 0 Å². The van der Waals surface area contributed by atoms with Crippen LogP contribution in [0, 0.1) is 0 Å². The molecule has 4 nitrogen and oxygen atoms in total.